The molecule has 0 atom stereocenters. The zero-order valence-corrected chi connectivity index (χ0v) is 13.0. The normalized spacial score (nSPS) is 10.8. The summed E-state index contributed by atoms with van der Waals surface area (Å²) >= 11 is 1.73. The van der Waals surface area contributed by atoms with Crippen LogP contribution in [-0.2, 0) is 13.6 Å². The number of anilines is 1. The molecule has 0 amide bonds. The second-order valence-electron chi connectivity index (χ2n) is 4.80. The standard InChI is InChI=1S/C14H16N6S/c1-9-13(21-10(2)16-9)8-15-12-6-4-5-11(7-12)14-17-18-19-20(14)3/h4-7,15H,8H2,1-3H3. The highest BCUT2D eigenvalue weighted by atomic mass is 32.1. The van der Waals surface area contributed by atoms with E-state index in [-0.39, 0.29) is 0 Å². The maximum Gasteiger partial charge on any atom is 0.181 e. The first-order valence-corrected chi connectivity index (χ1v) is 7.44. The van der Waals surface area contributed by atoms with Gasteiger partial charge in [-0.15, -0.1) is 16.4 Å². The Morgan fingerprint density at radius 2 is 2.14 bits per heavy atom. The van der Waals surface area contributed by atoms with Crippen LogP contribution in [-0.4, -0.2) is 25.2 Å². The van der Waals surface area contributed by atoms with Crippen molar-refractivity contribution in [3.05, 3.63) is 39.8 Å². The van der Waals surface area contributed by atoms with Crippen molar-refractivity contribution >= 4 is 17.0 Å². The molecule has 0 bridgehead atoms. The van der Waals surface area contributed by atoms with E-state index in [4.69, 9.17) is 0 Å². The lowest BCUT2D eigenvalue weighted by atomic mass is 10.2. The topological polar surface area (TPSA) is 68.5 Å². The Bertz CT molecular complexity index is 760. The number of hydrogen-bond donors (Lipinski definition) is 1. The third-order valence-corrected chi connectivity index (χ3v) is 4.27. The highest BCUT2D eigenvalue weighted by Crippen LogP contribution is 2.22. The summed E-state index contributed by atoms with van der Waals surface area (Å²) in [6, 6.07) is 8.08. The summed E-state index contributed by atoms with van der Waals surface area (Å²) in [7, 11) is 1.83. The van der Waals surface area contributed by atoms with Crippen molar-refractivity contribution in [2.24, 2.45) is 7.05 Å². The molecule has 108 valence electrons. The van der Waals surface area contributed by atoms with Crippen LogP contribution < -0.4 is 5.32 Å². The largest absolute Gasteiger partial charge is 0.380 e. The minimum Gasteiger partial charge on any atom is -0.380 e. The van der Waals surface area contributed by atoms with Crippen molar-refractivity contribution in [3.63, 3.8) is 0 Å². The quantitative estimate of drug-likeness (QED) is 0.802. The molecule has 0 saturated heterocycles. The van der Waals surface area contributed by atoms with Crippen molar-refractivity contribution in [2.45, 2.75) is 20.4 Å². The summed E-state index contributed by atoms with van der Waals surface area (Å²) in [6.45, 7) is 4.85. The van der Waals surface area contributed by atoms with Crippen molar-refractivity contribution in [1.29, 1.82) is 0 Å². The minimum absolute atomic E-state index is 0.753. The highest BCUT2D eigenvalue weighted by Gasteiger charge is 2.07. The number of benzene rings is 1. The molecule has 0 aliphatic rings. The van der Waals surface area contributed by atoms with Gasteiger partial charge in [-0.1, -0.05) is 12.1 Å². The van der Waals surface area contributed by atoms with E-state index < -0.39 is 0 Å². The molecule has 7 heteroatoms. The molecule has 0 spiro atoms. The number of nitrogens with one attached hydrogen (secondary N) is 1. The Labute approximate surface area is 126 Å². The van der Waals surface area contributed by atoms with E-state index in [1.54, 1.807) is 16.0 Å². The molecule has 0 saturated carbocycles. The first-order valence-electron chi connectivity index (χ1n) is 6.63. The molecular weight excluding hydrogens is 284 g/mol. The molecule has 3 rings (SSSR count). The molecule has 0 fully saturated rings. The van der Waals surface area contributed by atoms with Crippen LogP contribution in [0.3, 0.4) is 0 Å². The van der Waals surface area contributed by atoms with Gasteiger partial charge in [-0.2, -0.15) is 0 Å². The smallest absolute Gasteiger partial charge is 0.181 e. The number of nitrogens with zero attached hydrogens (tertiary/aromatic N) is 5. The Morgan fingerprint density at radius 3 is 2.81 bits per heavy atom. The van der Waals surface area contributed by atoms with Crippen LogP contribution in [0.15, 0.2) is 24.3 Å². The van der Waals surface area contributed by atoms with E-state index in [9.17, 15) is 0 Å². The molecule has 0 radical (unpaired) electrons. The van der Waals surface area contributed by atoms with Crippen LogP contribution >= 0.6 is 11.3 Å². The molecule has 2 aromatic heterocycles. The van der Waals surface area contributed by atoms with Gasteiger partial charge in [0.25, 0.3) is 0 Å². The maximum absolute atomic E-state index is 4.44. The average molecular weight is 300 g/mol. The molecule has 1 N–H and O–H groups in total. The van der Waals surface area contributed by atoms with Gasteiger partial charge in [0.05, 0.1) is 17.2 Å². The van der Waals surface area contributed by atoms with Crippen LogP contribution in [0.2, 0.25) is 0 Å². The third kappa shape index (κ3) is 2.92. The number of hydrogen-bond acceptors (Lipinski definition) is 6. The molecule has 3 aromatic rings. The van der Waals surface area contributed by atoms with Gasteiger partial charge in [-0.3, -0.25) is 0 Å². The Kier molecular flexibility index (Phi) is 3.66. The lowest BCUT2D eigenvalue weighted by Crippen LogP contribution is -2.00. The number of rotatable bonds is 4. The predicted octanol–water partition coefficient (Wildman–Crippen LogP) is 2.56. The monoisotopic (exact) mass is 300 g/mol. The van der Waals surface area contributed by atoms with Crippen LogP contribution in [0.4, 0.5) is 5.69 Å². The summed E-state index contributed by atoms with van der Waals surface area (Å²) in [5.74, 6) is 0.753. The zero-order valence-electron chi connectivity index (χ0n) is 12.2. The van der Waals surface area contributed by atoms with Gasteiger partial charge in [0.1, 0.15) is 0 Å². The molecule has 21 heavy (non-hydrogen) atoms. The second kappa shape index (κ2) is 5.61. The van der Waals surface area contributed by atoms with Crippen molar-refractivity contribution in [3.8, 4) is 11.4 Å². The first-order chi connectivity index (χ1) is 10.1. The number of aryl methyl sites for hydroxylation is 3. The van der Waals surface area contributed by atoms with E-state index in [0.29, 0.717) is 0 Å². The zero-order chi connectivity index (χ0) is 14.8. The van der Waals surface area contributed by atoms with Crippen molar-refractivity contribution in [2.75, 3.05) is 5.32 Å². The SMILES string of the molecule is Cc1nc(C)c(CNc2cccc(-c3nnnn3C)c2)s1. The molecule has 6 nitrogen and oxygen atoms in total. The van der Waals surface area contributed by atoms with E-state index in [1.807, 2.05) is 39.1 Å². The Hall–Kier alpha value is -2.28. The average Bonchev–Trinajstić information content (AvgIpc) is 3.02. The van der Waals surface area contributed by atoms with Gasteiger partial charge in [0, 0.05) is 23.2 Å². The van der Waals surface area contributed by atoms with Crippen LogP contribution in [0.1, 0.15) is 15.6 Å². The van der Waals surface area contributed by atoms with E-state index in [0.717, 1.165) is 34.3 Å². The summed E-state index contributed by atoms with van der Waals surface area (Å²) in [5.41, 5.74) is 3.13. The Morgan fingerprint density at radius 1 is 1.29 bits per heavy atom. The summed E-state index contributed by atoms with van der Waals surface area (Å²) in [6.07, 6.45) is 0. The van der Waals surface area contributed by atoms with Gasteiger partial charge in [0.2, 0.25) is 0 Å². The van der Waals surface area contributed by atoms with Gasteiger partial charge >= 0.3 is 0 Å². The van der Waals surface area contributed by atoms with Gasteiger partial charge in [-0.25, -0.2) is 9.67 Å². The highest BCUT2D eigenvalue weighted by molar-refractivity contribution is 7.11. The second-order valence-corrected chi connectivity index (χ2v) is 6.09. The fourth-order valence-electron chi connectivity index (χ4n) is 2.16. The molecule has 1 aromatic carbocycles. The van der Waals surface area contributed by atoms with E-state index in [1.165, 1.54) is 4.88 Å². The molecule has 2 heterocycles. The van der Waals surface area contributed by atoms with Crippen LogP contribution in [0, 0.1) is 13.8 Å². The minimum atomic E-state index is 0.753. The lowest BCUT2D eigenvalue weighted by molar-refractivity contribution is 0.714. The number of tetrazole rings is 1. The van der Waals surface area contributed by atoms with Crippen molar-refractivity contribution < 1.29 is 0 Å². The predicted molar refractivity (Wildman–Crippen MR) is 83.1 cm³/mol. The van der Waals surface area contributed by atoms with E-state index >= 15 is 0 Å². The maximum atomic E-state index is 4.44. The third-order valence-electron chi connectivity index (χ3n) is 3.19. The summed E-state index contributed by atoms with van der Waals surface area (Å²) < 4.78 is 1.66. The van der Waals surface area contributed by atoms with Gasteiger partial charge in [-0.05, 0) is 36.4 Å². The first kappa shape index (κ1) is 13.7. The number of thiazole rings is 1. The van der Waals surface area contributed by atoms with Gasteiger partial charge in [0.15, 0.2) is 5.82 Å². The molecule has 0 unspecified atom stereocenters. The molecule has 0 aliphatic carbocycles. The fourth-order valence-corrected chi connectivity index (χ4v) is 3.04. The fraction of sp³-hybridized carbons (Fsp3) is 0.286. The summed E-state index contributed by atoms with van der Waals surface area (Å²) in [4.78, 5) is 5.70. The van der Waals surface area contributed by atoms with Crippen LogP contribution in [0.25, 0.3) is 11.4 Å². The lowest BCUT2D eigenvalue weighted by Gasteiger charge is -2.07. The number of aromatic nitrogens is 5. The van der Waals surface area contributed by atoms with Crippen LogP contribution in [0.5, 0.6) is 0 Å². The van der Waals surface area contributed by atoms with Gasteiger partial charge < -0.3 is 5.32 Å². The molecular formula is C14H16N6S. The van der Waals surface area contributed by atoms with E-state index in [2.05, 4.69) is 31.9 Å². The van der Waals surface area contributed by atoms with Crippen molar-refractivity contribution in [1.82, 2.24) is 25.2 Å². The summed E-state index contributed by atoms with van der Waals surface area (Å²) in [5, 5.41) is 16.1. The Balaban J connectivity index is 1.78. The molecule has 0 aliphatic heterocycles.